The highest BCUT2D eigenvalue weighted by Gasteiger charge is 2.30. The molecule has 1 fully saturated rings. The van der Waals surface area contributed by atoms with Crippen molar-refractivity contribution in [2.75, 3.05) is 40.4 Å². The van der Waals surface area contributed by atoms with E-state index in [2.05, 4.69) is 30.7 Å². The molecule has 0 spiro atoms. The van der Waals surface area contributed by atoms with Crippen LogP contribution in [0.4, 0.5) is 0 Å². The maximum atomic E-state index is 5.61. The Morgan fingerprint density at radius 2 is 1.88 bits per heavy atom. The first-order chi connectivity index (χ1) is 8.10. The second kappa shape index (κ2) is 7.31. The molecule has 102 valence electrons. The zero-order valence-electron chi connectivity index (χ0n) is 11.9. The van der Waals surface area contributed by atoms with Gasteiger partial charge in [0.15, 0.2) is 0 Å². The van der Waals surface area contributed by atoms with Gasteiger partial charge in [0.25, 0.3) is 0 Å². The van der Waals surface area contributed by atoms with Gasteiger partial charge in [-0.3, -0.25) is 9.80 Å². The van der Waals surface area contributed by atoms with E-state index in [1.165, 1.54) is 0 Å². The first kappa shape index (κ1) is 14.9. The van der Waals surface area contributed by atoms with Crippen LogP contribution in [0.3, 0.4) is 0 Å². The molecule has 0 aromatic carbocycles. The minimum absolute atomic E-state index is 0.530. The van der Waals surface area contributed by atoms with Crippen LogP contribution in [-0.2, 0) is 4.74 Å². The molecule has 0 aromatic heterocycles. The minimum Gasteiger partial charge on any atom is -0.383 e. The van der Waals surface area contributed by atoms with Crippen LogP contribution in [0.5, 0.6) is 0 Å². The van der Waals surface area contributed by atoms with E-state index in [1.807, 2.05) is 0 Å². The van der Waals surface area contributed by atoms with E-state index in [4.69, 9.17) is 10.5 Å². The van der Waals surface area contributed by atoms with Gasteiger partial charge in [0.2, 0.25) is 0 Å². The molecule has 4 nitrogen and oxygen atoms in total. The standard InChI is InChI=1S/C13H29N3O/c1-11-8-16(9-12(2)15(11)3)13(10-17-4)6-5-7-14/h11-13H,5-10,14H2,1-4H3. The van der Waals surface area contributed by atoms with Crippen LogP contribution in [0.25, 0.3) is 0 Å². The van der Waals surface area contributed by atoms with Crippen LogP contribution < -0.4 is 5.73 Å². The quantitative estimate of drug-likeness (QED) is 0.748. The summed E-state index contributed by atoms with van der Waals surface area (Å²) < 4.78 is 5.36. The third-order valence-corrected chi connectivity index (χ3v) is 4.00. The molecule has 4 heteroatoms. The molecule has 1 aliphatic heterocycles. The molecule has 1 rings (SSSR count). The summed E-state index contributed by atoms with van der Waals surface area (Å²) in [6.07, 6.45) is 2.23. The Balaban J connectivity index is 2.54. The van der Waals surface area contributed by atoms with Gasteiger partial charge in [-0.15, -0.1) is 0 Å². The van der Waals surface area contributed by atoms with Crippen molar-refractivity contribution in [3.63, 3.8) is 0 Å². The Morgan fingerprint density at radius 3 is 2.35 bits per heavy atom. The van der Waals surface area contributed by atoms with Gasteiger partial charge in [0, 0.05) is 38.3 Å². The zero-order valence-corrected chi connectivity index (χ0v) is 11.9. The molecule has 0 radical (unpaired) electrons. The van der Waals surface area contributed by atoms with Crippen molar-refractivity contribution in [1.29, 1.82) is 0 Å². The number of hydrogen-bond donors (Lipinski definition) is 1. The molecular formula is C13H29N3O. The van der Waals surface area contributed by atoms with Gasteiger partial charge in [-0.1, -0.05) is 0 Å². The largest absolute Gasteiger partial charge is 0.383 e. The Labute approximate surface area is 106 Å². The molecular weight excluding hydrogens is 214 g/mol. The lowest BCUT2D eigenvalue weighted by Gasteiger charge is -2.45. The second-order valence-electron chi connectivity index (χ2n) is 5.36. The molecule has 1 heterocycles. The van der Waals surface area contributed by atoms with Gasteiger partial charge in [0.1, 0.15) is 0 Å². The SMILES string of the molecule is COCC(CCCN)N1CC(C)N(C)C(C)C1. The summed E-state index contributed by atoms with van der Waals surface area (Å²) in [6, 6.07) is 1.77. The van der Waals surface area contributed by atoms with E-state index in [1.54, 1.807) is 7.11 Å². The van der Waals surface area contributed by atoms with Gasteiger partial charge in [0.05, 0.1) is 6.61 Å². The smallest absolute Gasteiger partial charge is 0.0618 e. The van der Waals surface area contributed by atoms with Gasteiger partial charge >= 0.3 is 0 Å². The number of nitrogens with zero attached hydrogens (tertiary/aromatic N) is 2. The predicted molar refractivity (Wildman–Crippen MR) is 72.2 cm³/mol. The monoisotopic (exact) mass is 243 g/mol. The number of methoxy groups -OCH3 is 1. The summed E-state index contributed by atoms with van der Waals surface area (Å²) >= 11 is 0. The van der Waals surface area contributed by atoms with E-state index in [0.29, 0.717) is 18.1 Å². The number of hydrogen-bond acceptors (Lipinski definition) is 4. The van der Waals surface area contributed by atoms with Crippen LogP contribution in [0.1, 0.15) is 26.7 Å². The fourth-order valence-electron chi connectivity index (χ4n) is 2.66. The molecule has 0 amide bonds. The highest BCUT2D eigenvalue weighted by molar-refractivity contribution is 4.86. The maximum Gasteiger partial charge on any atom is 0.0618 e. The molecule has 3 atom stereocenters. The van der Waals surface area contributed by atoms with E-state index < -0.39 is 0 Å². The Hall–Kier alpha value is -0.160. The zero-order chi connectivity index (χ0) is 12.8. The summed E-state index contributed by atoms with van der Waals surface area (Å²) in [7, 11) is 4.01. The summed E-state index contributed by atoms with van der Waals surface area (Å²) in [6.45, 7) is 8.48. The highest BCUT2D eigenvalue weighted by Crippen LogP contribution is 2.18. The Kier molecular flexibility index (Phi) is 6.41. The highest BCUT2D eigenvalue weighted by atomic mass is 16.5. The number of nitrogens with two attached hydrogens (primary N) is 1. The summed E-state index contributed by atoms with van der Waals surface area (Å²) in [4.78, 5) is 5.04. The van der Waals surface area contributed by atoms with Crippen LogP contribution in [0, 0.1) is 0 Å². The molecule has 2 N–H and O–H groups in total. The van der Waals surface area contributed by atoms with E-state index in [0.717, 1.165) is 39.1 Å². The molecule has 17 heavy (non-hydrogen) atoms. The molecule has 3 unspecified atom stereocenters. The molecule has 0 aromatic rings. The summed E-state index contributed by atoms with van der Waals surface area (Å²) in [5, 5.41) is 0. The van der Waals surface area contributed by atoms with Gasteiger partial charge in [-0.25, -0.2) is 0 Å². The normalized spacial score (nSPS) is 29.5. The number of piperazine rings is 1. The van der Waals surface area contributed by atoms with Gasteiger partial charge in [-0.2, -0.15) is 0 Å². The van der Waals surface area contributed by atoms with Crippen molar-refractivity contribution in [3.8, 4) is 0 Å². The van der Waals surface area contributed by atoms with Crippen molar-refractivity contribution < 1.29 is 4.74 Å². The molecule has 1 saturated heterocycles. The summed E-state index contributed by atoms with van der Waals surface area (Å²) in [5.74, 6) is 0. The van der Waals surface area contributed by atoms with E-state index in [-0.39, 0.29) is 0 Å². The minimum atomic E-state index is 0.530. The first-order valence-corrected chi connectivity index (χ1v) is 6.75. The molecule has 1 aliphatic rings. The molecule has 0 bridgehead atoms. The lowest BCUT2D eigenvalue weighted by Crippen LogP contribution is -2.58. The van der Waals surface area contributed by atoms with Crippen LogP contribution in [0.15, 0.2) is 0 Å². The molecule has 0 saturated carbocycles. The average Bonchev–Trinajstić information content (AvgIpc) is 2.31. The Morgan fingerprint density at radius 1 is 1.29 bits per heavy atom. The van der Waals surface area contributed by atoms with Crippen molar-refractivity contribution in [2.24, 2.45) is 5.73 Å². The van der Waals surface area contributed by atoms with Crippen molar-refractivity contribution >= 4 is 0 Å². The predicted octanol–water partition coefficient (Wildman–Crippen LogP) is 0.765. The third-order valence-electron chi connectivity index (χ3n) is 4.00. The van der Waals surface area contributed by atoms with Gasteiger partial charge < -0.3 is 10.5 Å². The average molecular weight is 243 g/mol. The Bertz CT molecular complexity index is 201. The maximum absolute atomic E-state index is 5.61. The van der Waals surface area contributed by atoms with E-state index >= 15 is 0 Å². The van der Waals surface area contributed by atoms with Gasteiger partial charge in [-0.05, 0) is 40.3 Å². The topological polar surface area (TPSA) is 41.7 Å². The van der Waals surface area contributed by atoms with E-state index in [9.17, 15) is 0 Å². The third kappa shape index (κ3) is 4.21. The number of likely N-dealkylation sites (N-methyl/N-ethyl adjacent to an activating group) is 1. The van der Waals surface area contributed by atoms with Crippen molar-refractivity contribution in [1.82, 2.24) is 9.80 Å². The van der Waals surface area contributed by atoms with Crippen molar-refractivity contribution in [2.45, 2.75) is 44.8 Å². The lowest BCUT2D eigenvalue weighted by atomic mass is 10.0. The summed E-state index contributed by atoms with van der Waals surface area (Å²) in [5.41, 5.74) is 5.61. The van der Waals surface area contributed by atoms with Crippen LogP contribution in [0.2, 0.25) is 0 Å². The van der Waals surface area contributed by atoms with Crippen LogP contribution >= 0.6 is 0 Å². The van der Waals surface area contributed by atoms with Crippen molar-refractivity contribution in [3.05, 3.63) is 0 Å². The second-order valence-corrected chi connectivity index (χ2v) is 5.36. The lowest BCUT2D eigenvalue weighted by molar-refractivity contribution is 0.00506. The van der Waals surface area contributed by atoms with Crippen LogP contribution in [-0.4, -0.2) is 68.3 Å². The first-order valence-electron chi connectivity index (χ1n) is 6.75. The fraction of sp³-hybridized carbons (Fsp3) is 1.00. The number of rotatable bonds is 6. The molecule has 0 aliphatic carbocycles. The number of ether oxygens (including phenoxy) is 1. The fourth-order valence-corrected chi connectivity index (χ4v) is 2.66.